The molecule has 1 unspecified atom stereocenters. The first kappa shape index (κ1) is 22.8. The molecule has 0 saturated heterocycles. The molecule has 0 fully saturated rings. The molecular formula is C23H25FN2O4S. The minimum atomic E-state index is -2.07. The van der Waals surface area contributed by atoms with Crippen molar-refractivity contribution in [3.63, 3.8) is 0 Å². The number of hydrogen-bond acceptors (Lipinski definition) is 4. The van der Waals surface area contributed by atoms with E-state index in [9.17, 15) is 17.9 Å². The fourth-order valence-electron chi connectivity index (χ4n) is 3.43. The van der Waals surface area contributed by atoms with Gasteiger partial charge in [0.1, 0.15) is 11.5 Å². The van der Waals surface area contributed by atoms with Gasteiger partial charge in [-0.15, -0.1) is 0 Å². The number of benzene rings is 2. The summed E-state index contributed by atoms with van der Waals surface area (Å²) >= 11 is -2.07. The fourth-order valence-corrected chi connectivity index (χ4v) is 3.95. The molecule has 1 N–H and O–H groups in total. The molecular weight excluding hydrogens is 419 g/mol. The van der Waals surface area contributed by atoms with Crippen molar-refractivity contribution >= 4 is 28.1 Å². The van der Waals surface area contributed by atoms with Crippen molar-refractivity contribution in [3.8, 4) is 17.0 Å². The molecule has 6 nitrogen and oxygen atoms in total. The first-order valence-electron chi connectivity index (χ1n) is 9.85. The number of pyridine rings is 1. The van der Waals surface area contributed by atoms with E-state index in [1.165, 1.54) is 12.1 Å². The highest BCUT2D eigenvalue weighted by Gasteiger charge is 2.28. The lowest BCUT2D eigenvalue weighted by molar-refractivity contribution is 0.111. The van der Waals surface area contributed by atoms with Gasteiger partial charge in [-0.3, -0.25) is 0 Å². The molecule has 0 spiro atoms. The summed E-state index contributed by atoms with van der Waals surface area (Å²) in [5.74, 6) is -0.358. The number of carbonyl (C=O) groups is 1. The largest absolute Gasteiger partial charge is 0.415 e. The third-order valence-electron chi connectivity index (χ3n) is 4.84. The molecule has 0 aliphatic heterocycles. The molecule has 0 bridgehead atoms. The standard InChI is InChI=1S/C23H25FN2O4S/c1-5-26(23(2,3)4)22(27)30-20-12-15-10-11-17(24)13-19(15)25-21(20)18-9-7-6-8-16(18)14-31(28)29/h6-13H,5,14H2,1-4H3,(H,28,29). The highest BCUT2D eigenvalue weighted by atomic mass is 32.2. The maximum absolute atomic E-state index is 13.8. The maximum atomic E-state index is 13.8. The van der Waals surface area contributed by atoms with Crippen molar-refractivity contribution in [2.24, 2.45) is 0 Å². The second-order valence-electron chi connectivity index (χ2n) is 8.08. The third kappa shape index (κ3) is 5.26. The number of amides is 1. The number of fused-ring (bicyclic) bond motifs is 1. The Morgan fingerprint density at radius 3 is 2.55 bits per heavy atom. The minimum Gasteiger partial charge on any atom is -0.408 e. The van der Waals surface area contributed by atoms with Crippen molar-refractivity contribution in [3.05, 3.63) is 59.9 Å². The third-order valence-corrected chi connectivity index (χ3v) is 5.40. The molecule has 0 aliphatic rings. The van der Waals surface area contributed by atoms with Gasteiger partial charge < -0.3 is 14.2 Å². The van der Waals surface area contributed by atoms with Gasteiger partial charge in [0.05, 0.1) is 11.3 Å². The van der Waals surface area contributed by atoms with Crippen LogP contribution in [0.3, 0.4) is 0 Å². The number of hydrogen-bond donors (Lipinski definition) is 1. The molecule has 1 amide bonds. The van der Waals surface area contributed by atoms with E-state index < -0.39 is 28.5 Å². The number of carbonyl (C=O) groups excluding carboxylic acids is 1. The average molecular weight is 445 g/mol. The molecule has 164 valence electrons. The smallest absolute Gasteiger partial charge is 0.408 e. The Morgan fingerprint density at radius 1 is 1.19 bits per heavy atom. The number of aromatic nitrogens is 1. The lowest BCUT2D eigenvalue weighted by Crippen LogP contribution is -2.46. The van der Waals surface area contributed by atoms with Gasteiger partial charge in [0, 0.05) is 29.1 Å². The quantitative estimate of drug-likeness (QED) is 0.534. The molecule has 1 atom stereocenters. The van der Waals surface area contributed by atoms with Crippen molar-refractivity contribution in [1.29, 1.82) is 0 Å². The number of ether oxygens (including phenoxy) is 1. The lowest BCUT2D eigenvalue weighted by Gasteiger charge is -2.33. The Labute approximate surface area is 183 Å². The molecule has 3 rings (SSSR count). The summed E-state index contributed by atoms with van der Waals surface area (Å²) in [6.07, 6.45) is -0.539. The molecule has 0 aliphatic carbocycles. The number of rotatable bonds is 5. The van der Waals surface area contributed by atoms with Crippen LogP contribution in [0.4, 0.5) is 9.18 Å². The SMILES string of the molecule is CCN(C(=O)Oc1cc2ccc(F)cc2nc1-c1ccccc1CS(=O)O)C(C)(C)C. The summed E-state index contributed by atoms with van der Waals surface area (Å²) in [7, 11) is 0. The minimum absolute atomic E-state index is 0.116. The molecule has 1 heterocycles. The summed E-state index contributed by atoms with van der Waals surface area (Å²) in [4.78, 5) is 19.1. The van der Waals surface area contributed by atoms with E-state index in [0.717, 1.165) is 0 Å². The Hall–Kier alpha value is -2.84. The van der Waals surface area contributed by atoms with E-state index in [4.69, 9.17) is 4.74 Å². The zero-order valence-corrected chi connectivity index (χ0v) is 18.7. The van der Waals surface area contributed by atoms with Gasteiger partial charge in [0.25, 0.3) is 0 Å². The van der Waals surface area contributed by atoms with Gasteiger partial charge in [-0.2, -0.15) is 0 Å². The monoisotopic (exact) mass is 444 g/mol. The second kappa shape index (κ2) is 9.11. The highest BCUT2D eigenvalue weighted by molar-refractivity contribution is 7.78. The van der Waals surface area contributed by atoms with E-state index in [2.05, 4.69) is 4.98 Å². The Balaban J connectivity index is 2.18. The van der Waals surface area contributed by atoms with E-state index in [1.807, 2.05) is 27.7 Å². The van der Waals surface area contributed by atoms with Crippen LogP contribution in [0, 0.1) is 5.82 Å². The number of halogens is 1. The number of nitrogens with zero attached hydrogens (tertiary/aromatic N) is 2. The van der Waals surface area contributed by atoms with Gasteiger partial charge in [-0.1, -0.05) is 24.3 Å². The van der Waals surface area contributed by atoms with Crippen molar-refractivity contribution < 1.29 is 22.7 Å². The molecule has 8 heteroatoms. The Morgan fingerprint density at radius 2 is 1.90 bits per heavy atom. The van der Waals surface area contributed by atoms with Crippen molar-refractivity contribution in [2.45, 2.75) is 39.0 Å². The van der Waals surface area contributed by atoms with Gasteiger partial charge in [-0.05, 0) is 51.5 Å². The van der Waals surface area contributed by atoms with Gasteiger partial charge >= 0.3 is 6.09 Å². The summed E-state index contributed by atoms with van der Waals surface area (Å²) in [6, 6.07) is 12.8. The van der Waals surface area contributed by atoms with Crippen molar-refractivity contribution in [1.82, 2.24) is 9.88 Å². The Kier molecular flexibility index (Phi) is 6.71. The normalized spacial score (nSPS) is 12.6. The maximum Gasteiger partial charge on any atom is 0.415 e. The summed E-state index contributed by atoms with van der Waals surface area (Å²) in [6.45, 7) is 8.04. The highest BCUT2D eigenvalue weighted by Crippen LogP contribution is 2.35. The van der Waals surface area contributed by atoms with Crippen LogP contribution < -0.4 is 4.74 Å². The molecule has 0 radical (unpaired) electrons. The molecule has 2 aromatic carbocycles. The van der Waals surface area contributed by atoms with Crippen molar-refractivity contribution in [2.75, 3.05) is 6.54 Å². The first-order chi connectivity index (χ1) is 14.6. The molecule has 0 saturated carbocycles. The van der Waals surface area contributed by atoms with E-state index >= 15 is 0 Å². The van der Waals surface area contributed by atoms with Crippen LogP contribution in [0.1, 0.15) is 33.3 Å². The lowest BCUT2D eigenvalue weighted by atomic mass is 10.0. The zero-order chi connectivity index (χ0) is 22.8. The summed E-state index contributed by atoms with van der Waals surface area (Å²) in [5.41, 5.74) is 1.34. The predicted octanol–water partition coefficient (Wildman–Crippen LogP) is 5.38. The van der Waals surface area contributed by atoms with E-state index in [0.29, 0.717) is 34.3 Å². The van der Waals surface area contributed by atoms with Crippen LogP contribution in [-0.2, 0) is 16.8 Å². The summed E-state index contributed by atoms with van der Waals surface area (Å²) in [5, 5.41) is 0.606. The van der Waals surface area contributed by atoms with E-state index in [1.54, 1.807) is 41.3 Å². The first-order valence-corrected chi connectivity index (χ1v) is 11.1. The predicted molar refractivity (Wildman–Crippen MR) is 120 cm³/mol. The van der Waals surface area contributed by atoms with Gasteiger partial charge in [0.15, 0.2) is 16.8 Å². The topological polar surface area (TPSA) is 79.7 Å². The Bertz CT molecular complexity index is 1140. The molecule has 3 aromatic rings. The molecule has 1 aromatic heterocycles. The zero-order valence-electron chi connectivity index (χ0n) is 17.9. The van der Waals surface area contributed by atoms with Crippen LogP contribution in [0.2, 0.25) is 0 Å². The van der Waals surface area contributed by atoms with Crippen LogP contribution in [0.25, 0.3) is 22.2 Å². The van der Waals surface area contributed by atoms with E-state index in [-0.39, 0.29) is 11.5 Å². The van der Waals surface area contributed by atoms with Crippen LogP contribution >= 0.6 is 0 Å². The second-order valence-corrected chi connectivity index (χ2v) is 9.01. The van der Waals surface area contributed by atoms with Gasteiger partial charge in [0.2, 0.25) is 0 Å². The van der Waals surface area contributed by atoms with Gasteiger partial charge in [-0.25, -0.2) is 18.4 Å². The average Bonchev–Trinajstić information content (AvgIpc) is 2.67. The fraction of sp³-hybridized carbons (Fsp3) is 0.304. The van der Waals surface area contributed by atoms with Crippen LogP contribution in [-0.4, -0.2) is 36.8 Å². The summed E-state index contributed by atoms with van der Waals surface area (Å²) < 4.78 is 40.4. The molecule has 31 heavy (non-hydrogen) atoms. The van der Waals surface area contributed by atoms with Crippen LogP contribution in [0.15, 0.2) is 48.5 Å². The van der Waals surface area contributed by atoms with Crippen LogP contribution in [0.5, 0.6) is 5.75 Å².